The third kappa shape index (κ3) is 11.0. The molecule has 2 aromatic heterocycles. The van der Waals surface area contributed by atoms with Crippen molar-refractivity contribution in [1.29, 1.82) is 0 Å². The topological polar surface area (TPSA) is 259 Å². The molecule has 1 saturated heterocycles. The molecule has 5 atom stereocenters. The summed E-state index contributed by atoms with van der Waals surface area (Å²) >= 11 is 0. The van der Waals surface area contributed by atoms with Crippen molar-refractivity contribution >= 4 is 159 Å². The minimum atomic E-state index is -5.62. The van der Waals surface area contributed by atoms with Crippen LogP contribution in [0.25, 0.3) is 11.2 Å². The Balaban J connectivity index is 0. The maximum Gasteiger partial charge on any atom is 0.490 e. The summed E-state index contributed by atoms with van der Waals surface area (Å²) in [7, 11) is -16.4. The number of aliphatic hydroxyl groups is 1. The maximum absolute atomic E-state index is 11.8. The molecule has 2 aromatic rings. The molecule has 17 nitrogen and oxygen atoms in total. The van der Waals surface area contributed by atoms with E-state index in [1.165, 1.54) is 17.2 Å². The number of nitrogens with two attached hydrogens (primary N) is 1. The van der Waals surface area contributed by atoms with E-state index in [2.05, 4.69) is 28.1 Å². The molecular formula is C10H16N5Na4O12P3. The number of nitrogen functional groups attached to an aromatic ring is 1. The normalized spacial score (nSPS) is 23.4. The zero-order valence-corrected chi connectivity index (χ0v) is 29.3. The molecule has 0 aliphatic carbocycles. The summed E-state index contributed by atoms with van der Waals surface area (Å²) in [5.74, 6) is 0.107. The van der Waals surface area contributed by atoms with Crippen LogP contribution in [-0.4, -0.2) is 181 Å². The van der Waals surface area contributed by atoms with Gasteiger partial charge in [0.15, 0.2) is 17.7 Å². The maximum atomic E-state index is 11.8. The molecule has 2 unspecified atom stereocenters. The molecular weight excluding hydrogens is 567 g/mol. The van der Waals surface area contributed by atoms with Gasteiger partial charge in [-0.1, -0.05) is 0 Å². The Morgan fingerprint density at radius 3 is 2.24 bits per heavy atom. The molecule has 0 bridgehead atoms. The van der Waals surface area contributed by atoms with Gasteiger partial charge in [0.25, 0.3) is 0 Å². The number of ether oxygens (including phenoxy) is 1. The predicted octanol–water partition coefficient (Wildman–Crippen LogP) is -2.12. The van der Waals surface area contributed by atoms with Crippen LogP contribution in [0.3, 0.4) is 0 Å². The van der Waals surface area contributed by atoms with Crippen molar-refractivity contribution in [2.75, 3.05) is 12.3 Å². The van der Waals surface area contributed by atoms with Gasteiger partial charge < -0.3 is 35.2 Å². The van der Waals surface area contributed by atoms with Crippen LogP contribution in [0, 0.1) is 0 Å². The first-order valence-corrected chi connectivity index (χ1v) is 12.3. The van der Waals surface area contributed by atoms with Gasteiger partial charge >= 0.3 is 23.5 Å². The summed E-state index contributed by atoms with van der Waals surface area (Å²) in [5, 5.41) is 10.2. The summed E-state index contributed by atoms with van der Waals surface area (Å²) < 4.78 is 52.3. The molecule has 3 heterocycles. The quantitative estimate of drug-likeness (QED) is 0.143. The van der Waals surface area contributed by atoms with Gasteiger partial charge in [-0.3, -0.25) is 9.09 Å². The van der Waals surface area contributed by atoms with E-state index >= 15 is 0 Å². The fraction of sp³-hybridized carbons (Fsp3) is 0.500. The molecule has 1 aliphatic rings. The molecule has 0 saturated carbocycles. The Morgan fingerprint density at radius 2 is 1.65 bits per heavy atom. The number of aromatic nitrogens is 4. The van der Waals surface area contributed by atoms with E-state index in [4.69, 9.17) is 25.2 Å². The Kier molecular flexibility index (Phi) is 17.7. The number of anilines is 1. The van der Waals surface area contributed by atoms with E-state index in [1.54, 1.807) is 0 Å². The van der Waals surface area contributed by atoms with Gasteiger partial charge in [-0.25, -0.2) is 28.6 Å². The molecule has 0 amide bonds. The molecule has 1 aliphatic heterocycles. The summed E-state index contributed by atoms with van der Waals surface area (Å²) in [4.78, 5) is 47.4. The number of fused-ring (bicyclic) bond motifs is 1. The first kappa shape index (κ1) is 38.8. The zero-order chi connectivity index (χ0) is 22.3. The molecule has 0 spiro atoms. The summed E-state index contributed by atoms with van der Waals surface area (Å²) in [5.41, 5.74) is 6.22. The average molecular weight is 583 g/mol. The van der Waals surface area contributed by atoms with E-state index in [9.17, 15) is 23.7 Å². The standard InChI is InChI=1S/C10H16N5O12P3.4Na/c11-8-7-9(13-3-12-8)15(4-14-7)10-6(16)1-5(25-10)2-24-29(20,21)27-30(22,23)26-28(17,18)19;;;;/h3-6,10,16H,1-2H2,(H,20,21)(H,22,23)(H2,11,12,13)(H2,17,18,19);;;;/t5-,6+,10+;;;;/m0..../s1. The second kappa shape index (κ2) is 15.5. The van der Waals surface area contributed by atoms with E-state index in [0.29, 0.717) is 0 Å². The van der Waals surface area contributed by atoms with Crippen molar-refractivity contribution in [1.82, 2.24) is 19.5 Å². The smallest absolute Gasteiger partial charge is 0.388 e. The average Bonchev–Trinajstić information content (AvgIpc) is 3.13. The van der Waals surface area contributed by atoms with Crippen molar-refractivity contribution in [2.45, 2.75) is 24.9 Å². The first-order chi connectivity index (χ1) is 13.8. The molecule has 7 N–H and O–H groups in total. The fourth-order valence-electron chi connectivity index (χ4n) is 2.62. The second-order valence-electron chi connectivity index (χ2n) is 5.92. The number of phosphoric acid groups is 3. The van der Waals surface area contributed by atoms with Crippen molar-refractivity contribution in [2.24, 2.45) is 0 Å². The number of rotatable bonds is 8. The van der Waals surface area contributed by atoms with Gasteiger partial charge in [-0.15, -0.1) is 0 Å². The summed E-state index contributed by atoms with van der Waals surface area (Å²) in [6, 6.07) is 0. The van der Waals surface area contributed by atoms with Crippen LogP contribution in [0.15, 0.2) is 12.7 Å². The zero-order valence-electron chi connectivity index (χ0n) is 18.6. The molecule has 34 heavy (non-hydrogen) atoms. The minimum Gasteiger partial charge on any atom is -0.388 e. The van der Waals surface area contributed by atoms with Gasteiger partial charge in [0.1, 0.15) is 17.9 Å². The number of hydrogen-bond acceptors (Lipinski definition) is 12. The van der Waals surface area contributed by atoms with Crippen LogP contribution in [-0.2, 0) is 31.6 Å². The van der Waals surface area contributed by atoms with Gasteiger partial charge in [-0.2, -0.15) is 8.62 Å². The number of nitrogens with zero attached hydrogens (tertiary/aromatic N) is 4. The van der Waals surface area contributed by atoms with Crippen molar-refractivity contribution in [3.05, 3.63) is 12.7 Å². The Morgan fingerprint density at radius 1 is 1.03 bits per heavy atom. The Bertz CT molecular complexity index is 1090. The van der Waals surface area contributed by atoms with E-state index in [-0.39, 0.29) is 142 Å². The van der Waals surface area contributed by atoms with E-state index in [1.807, 2.05) is 0 Å². The van der Waals surface area contributed by atoms with Crippen LogP contribution in [0.1, 0.15) is 12.6 Å². The number of hydrogen-bond donors (Lipinski definition) is 6. The Hall–Kier alpha value is 2.68. The minimum absolute atomic E-state index is 0. The van der Waals surface area contributed by atoms with Gasteiger partial charge in [0.2, 0.25) is 0 Å². The van der Waals surface area contributed by atoms with Crippen LogP contribution >= 0.6 is 23.5 Å². The largest absolute Gasteiger partial charge is 0.490 e. The molecule has 172 valence electrons. The summed E-state index contributed by atoms with van der Waals surface area (Å²) in [6.45, 7) is -0.693. The van der Waals surface area contributed by atoms with Gasteiger partial charge in [0, 0.05) is 125 Å². The van der Waals surface area contributed by atoms with Crippen LogP contribution in [0.4, 0.5) is 5.82 Å². The van der Waals surface area contributed by atoms with Crippen molar-refractivity contribution in [3.8, 4) is 0 Å². The van der Waals surface area contributed by atoms with Crippen LogP contribution in [0.2, 0.25) is 0 Å². The monoisotopic (exact) mass is 583 g/mol. The van der Waals surface area contributed by atoms with Gasteiger partial charge in [0.05, 0.1) is 19.0 Å². The fourth-order valence-corrected chi connectivity index (χ4v) is 5.67. The second-order valence-corrected chi connectivity index (χ2v) is 10.3. The number of aliphatic hydroxyl groups excluding tert-OH is 1. The van der Waals surface area contributed by atoms with Crippen molar-refractivity contribution in [3.63, 3.8) is 0 Å². The first-order valence-electron chi connectivity index (χ1n) is 7.81. The summed E-state index contributed by atoms with van der Waals surface area (Å²) in [6.07, 6.45) is -0.711. The van der Waals surface area contributed by atoms with Crippen LogP contribution < -0.4 is 5.73 Å². The van der Waals surface area contributed by atoms with E-state index < -0.39 is 48.5 Å². The number of imidazole rings is 1. The Labute approximate surface area is 280 Å². The molecule has 0 aromatic carbocycles. The predicted molar refractivity (Wildman–Crippen MR) is 117 cm³/mol. The SMILES string of the molecule is Nc1ncnc2c1ncn2[C@@H]1O[C@H](COP(=O)(O)OP(=O)(O)OP(=O)(O)O)C[C@H]1O.[Na].[Na].[Na].[Na]. The van der Waals surface area contributed by atoms with Crippen LogP contribution in [0.5, 0.6) is 0 Å². The molecule has 4 radical (unpaired) electrons. The third-order valence-corrected chi connectivity index (χ3v) is 7.47. The van der Waals surface area contributed by atoms with Crippen molar-refractivity contribution < 1.29 is 56.3 Å². The van der Waals surface area contributed by atoms with E-state index in [0.717, 1.165) is 0 Å². The molecule has 1 fully saturated rings. The molecule has 24 heteroatoms. The third-order valence-electron chi connectivity index (χ3n) is 3.67. The number of phosphoric ester groups is 1. The van der Waals surface area contributed by atoms with Gasteiger partial charge in [-0.05, 0) is 0 Å². The molecule has 3 rings (SSSR count).